The zero-order valence-corrected chi connectivity index (χ0v) is 9.91. The third kappa shape index (κ3) is 1.71. The number of amides is 1. The number of aryl methyl sites for hydroxylation is 1. The summed E-state index contributed by atoms with van der Waals surface area (Å²) in [6.07, 6.45) is 3.43. The van der Waals surface area contributed by atoms with Crippen LogP contribution in [-0.4, -0.2) is 32.2 Å². The fraction of sp³-hybridized carbons (Fsp3) is 0.300. The highest BCUT2D eigenvalue weighted by molar-refractivity contribution is 7.80. The van der Waals surface area contributed by atoms with Crippen LogP contribution in [0.15, 0.2) is 18.0 Å². The highest BCUT2D eigenvalue weighted by Gasteiger charge is 2.29. The van der Waals surface area contributed by atoms with Crippen molar-refractivity contribution in [2.45, 2.75) is 6.92 Å². The third-order valence-electron chi connectivity index (χ3n) is 2.43. The van der Waals surface area contributed by atoms with Gasteiger partial charge in [0.2, 0.25) is 0 Å². The number of thiocarbonyl (C=S) groups is 1. The van der Waals surface area contributed by atoms with Crippen molar-refractivity contribution in [3.63, 3.8) is 0 Å². The molecule has 0 aliphatic carbocycles. The molecule has 1 saturated heterocycles. The van der Waals surface area contributed by atoms with E-state index in [4.69, 9.17) is 12.2 Å². The molecule has 1 aromatic heterocycles. The number of hydrogen-bond acceptors (Lipinski definition) is 3. The van der Waals surface area contributed by atoms with Crippen LogP contribution in [0.3, 0.4) is 0 Å². The number of nitrogens with one attached hydrogen (secondary N) is 1. The number of carbonyl (C=O) groups excluding carboxylic acids is 1. The Labute approximate surface area is 98.7 Å². The van der Waals surface area contributed by atoms with Gasteiger partial charge in [0, 0.05) is 19.8 Å². The lowest BCUT2D eigenvalue weighted by atomic mass is 10.3. The van der Waals surface area contributed by atoms with Gasteiger partial charge in [-0.25, -0.2) is 0 Å². The van der Waals surface area contributed by atoms with Gasteiger partial charge in [-0.3, -0.25) is 14.4 Å². The van der Waals surface area contributed by atoms with Gasteiger partial charge in [0.1, 0.15) is 5.70 Å². The van der Waals surface area contributed by atoms with Crippen LogP contribution in [0, 0.1) is 0 Å². The van der Waals surface area contributed by atoms with E-state index in [1.165, 1.54) is 4.90 Å². The number of carbonyl (C=O) groups is 1. The number of hydrogen-bond donors (Lipinski definition) is 1. The Balaban J connectivity index is 2.31. The molecule has 2 heterocycles. The Morgan fingerprint density at radius 2 is 2.38 bits per heavy atom. The van der Waals surface area contributed by atoms with E-state index in [-0.39, 0.29) is 5.91 Å². The van der Waals surface area contributed by atoms with Crippen LogP contribution in [-0.2, 0) is 11.8 Å². The Hall–Kier alpha value is -1.69. The van der Waals surface area contributed by atoms with Crippen LogP contribution >= 0.6 is 12.2 Å². The molecule has 1 fully saturated rings. The van der Waals surface area contributed by atoms with Crippen LogP contribution in [0.4, 0.5) is 0 Å². The molecule has 2 rings (SSSR count). The van der Waals surface area contributed by atoms with E-state index < -0.39 is 0 Å². The van der Waals surface area contributed by atoms with Crippen molar-refractivity contribution in [3.05, 3.63) is 23.7 Å². The molecular weight excluding hydrogens is 224 g/mol. The minimum atomic E-state index is -0.0892. The van der Waals surface area contributed by atoms with Gasteiger partial charge in [-0.1, -0.05) is 0 Å². The third-order valence-corrected chi connectivity index (χ3v) is 2.75. The maximum Gasteiger partial charge on any atom is 0.276 e. The molecule has 1 N–H and O–H groups in total. The predicted octanol–water partition coefficient (Wildman–Crippen LogP) is 0.498. The first-order valence-corrected chi connectivity index (χ1v) is 5.37. The summed E-state index contributed by atoms with van der Waals surface area (Å²) in [6, 6.07) is 1.83. The maximum absolute atomic E-state index is 11.9. The van der Waals surface area contributed by atoms with Gasteiger partial charge in [-0.15, -0.1) is 0 Å². The van der Waals surface area contributed by atoms with Crippen molar-refractivity contribution in [2.24, 2.45) is 7.05 Å². The van der Waals surface area contributed by atoms with Crippen LogP contribution < -0.4 is 5.32 Å². The Kier molecular flexibility index (Phi) is 2.74. The second-order valence-electron chi connectivity index (χ2n) is 3.42. The summed E-state index contributed by atoms with van der Waals surface area (Å²) >= 11 is 5.05. The minimum Gasteiger partial charge on any atom is -0.328 e. The van der Waals surface area contributed by atoms with Crippen LogP contribution in [0.5, 0.6) is 0 Å². The average molecular weight is 236 g/mol. The van der Waals surface area contributed by atoms with Gasteiger partial charge in [0.05, 0.1) is 5.69 Å². The summed E-state index contributed by atoms with van der Waals surface area (Å²) < 4.78 is 1.69. The van der Waals surface area contributed by atoms with Crippen molar-refractivity contribution in [2.75, 3.05) is 6.54 Å². The standard InChI is InChI=1S/C10H12N4OS/c1-3-14-9(15)8(12-10(14)16)6-7-4-5-11-13(7)2/h4-6H,3H2,1-2H3,(H,12,16)/b8-6+. The van der Waals surface area contributed by atoms with Crippen molar-refractivity contribution in [1.29, 1.82) is 0 Å². The molecule has 5 nitrogen and oxygen atoms in total. The first-order valence-electron chi connectivity index (χ1n) is 4.96. The Bertz CT molecular complexity index is 477. The van der Waals surface area contributed by atoms with E-state index in [0.717, 1.165) is 5.69 Å². The summed E-state index contributed by atoms with van der Waals surface area (Å²) in [6.45, 7) is 2.46. The monoisotopic (exact) mass is 236 g/mol. The first-order chi connectivity index (χ1) is 7.63. The summed E-state index contributed by atoms with van der Waals surface area (Å²) in [5, 5.41) is 7.39. The summed E-state index contributed by atoms with van der Waals surface area (Å²) in [5.41, 5.74) is 1.35. The summed E-state index contributed by atoms with van der Waals surface area (Å²) in [7, 11) is 1.82. The molecular formula is C10H12N4OS. The smallest absolute Gasteiger partial charge is 0.276 e. The van der Waals surface area contributed by atoms with E-state index in [2.05, 4.69) is 10.4 Å². The van der Waals surface area contributed by atoms with Crippen LogP contribution in [0.2, 0.25) is 0 Å². The second-order valence-corrected chi connectivity index (χ2v) is 3.80. The minimum absolute atomic E-state index is 0.0892. The second kappa shape index (κ2) is 4.05. The van der Waals surface area contributed by atoms with Crippen molar-refractivity contribution < 1.29 is 4.79 Å². The molecule has 0 atom stereocenters. The molecule has 6 heteroatoms. The fourth-order valence-electron chi connectivity index (χ4n) is 1.53. The molecule has 0 aromatic carbocycles. The van der Waals surface area contributed by atoms with Gasteiger partial charge < -0.3 is 5.32 Å². The molecule has 1 aliphatic heterocycles. The van der Waals surface area contributed by atoms with E-state index in [9.17, 15) is 4.79 Å². The van der Waals surface area contributed by atoms with Crippen LogP contribution in [0.25, 0.3) is 6.08 Å². The SMILES string of the molecule is CCN1C(=O)/C(=C\c2ccnn2C)NC1=S. The fourth-order valence-corrected chi connectivity index (χ4v) is 1.85. The molecule has 1 amide bonds. The molecule has 0 saturated carbocycles. The maximum atomic E-state index is 11.9. The molecule has 0 radical (unpaired) electrons. The van der Waals surface area contributed by atoms with Gasteiger partial charge in [0.15, 0.2) is 5.11 Å². The first kappa shape index (κ1) is 10.8. The molecule has 0 unspecified atom stereocenters. The highest BCUT2D eigenvalue weighted by Crippen LogP contribution is 2.13. The molecule has 0 bridgehead atoms. The lowest BCUT2D eigenvalue weighted by Crippen LogP contribution is -2.30. The average Bonchev–Trinajstić information content (AvgIpc) is 2.74. The zero-order chi connectivity index (χ0) is 11.7. The molecule has 84 valence electrons. The quantitative estimate of drug-likeness (QED) is 0.600. The number of likely N-dealkylation sites (N-methyl/N-ethyl adjacent to an activating group) is 1. The van der Waals surface area contributed by atoms with Gasteiger partial charge in [-0.2, -0.15) is 5.10 Å². The largest absolute Gasteiger partial charge is 0.328 e. The number of nitrogens with zero attached hydrogens (tertiary/aromatic N) is 3. The lowest BCUT2D eigenvalue weighted by Gasteiger charge is -2.08. The van der Waals surface area contributed by atoms with E-state index in [1.54, 1.807) is 17.0 Å². The number of rotatable bonds is 2. The highest BCUT2D eigenvalue weighted by atomic mass is 32.1. The normalized spacial score (nSPS) is 18.4. The van der Waals surface area contributed by atoms with Gasteiger partial charge in [0.25, 0.3) is 5.91 Å². The topological polar surface area (TPSA) is 50.2 Å². The Morgan fingerprint density at radius 1 is 1.62 bits per heavy atom. The zero-order valence-electron chi connectivity index (χ0n) is 9.10. The van der Waals surface area contributed by atoms with E-state index in [1.807, 2.05) is 20.0 Å². The van der Waals surface area contributed by atoms with E-state index >= 15 is 0 Å². The Morgan fingerprint density at radius 3 is 2.88 bits per heavy atom. The van der Waals surface area contributed by atoms with Crippen molar-refractivity contribution in [1.82, 2.24) is 20.0 Å². The molecule has 16 heavy (non-hydrogen) atoms. The predicted molar refractivity (Wildman–Crippen MR) is 64.3 cm³/mol. The van der Waals surface area contributed by atoms with Crippen molar-refractivity contribution >= 4 is 29.3 Å². The van der Waals surface area contributed by atoms with Crippen molar-refractivity contribution in [3.8, 4) is 0 Å². The van der Waals surface area contributed by atoms with Gasteiger partial charge in [-0.05, 0) is 31.3 Å². The number of aromatic nitrogens is 2. The molecule has 0 spiro atoms. The molecule has 1 aliphatic rings. The van der Waals surface area contributed by atoms with E-state index in [0.29, 0.717) is 17.4 Å². The van der Waals surface area contributed by atoms with Crippen LogP contribution in [0.1, 0.15) is 12.6 Å². The van der Waals surface area contributed by atoms with Gasteiger partial charge >= 0.3 is 0 Å². The lowest BCUT2D eigenvalue weighted by molar-refractivity contribution is -0.122. The summed E-state index contributed by atoms with van der Waals surface area (Å²) in [5.74, 6) is -0.0892. The molecule has 1 aromatic rings. The summed E-state index contributed by atoms with van der Waals surface area (Å²) in [4.78, 5) is 13.4.